The molecule has 1 saturated heterocycles. The number of nitrogens with one attached hydrogen (secondary N) is 1. The van der Waals surface area contributed by atoms with Gasteiger partial charge in [-0.25, -0.2) is 13.1 Å². The Hall–Kier alpha value is -1.93. The predicted molar refractivity (Wildman–Crippen MR) is 109 cm³/mol. The molecular weight excluding hydrogens is 376 g/mol. The molecule has 1 aliphatic heterocycles. The van der Waals surface area contributed by atoms with E-state index in [0.717, 1.165) is 25.1 Å². The van der Waals surface area contributed by atoms with Gasteiger partial charge in [0, 0.05) is 26.2 Å². The number of sulfonamides is 1. The number of rotatable bonds is 9. The summed E-state index contributed by atoms with van der Waals surface area (Å²) in [5.74, 6) is 0.682. The Bertz CT molecular complexity index is 825. The molecule has 1 aliphatic rings. The molecule has 0 spiro atoms. The van der Waals surface area contributed by atoms with Gasteiger partial charge in [-0.2, -0.15) is 0 Å². The normalized spacial score (nSPS) is 18.1. The average Bonchev–Trinajstić information content (AvgIpc) is 2.73. The molecule has 2 aromatic carbocycles. The molecule has 6 nitrogen and oxygen atoms in total. The minimum Gasteiger partial charge on any atom is -0.494 e. The maximum atomic E-state index is 12.5. The van der Waals surface area contributed by atoms with Crippen LogP contribution in [-0.2, 0) is 14.8 Å². The Balaban J connectivity index is 1.49. The molecule has 0 aromatic heterocycles. The van der Waals surface area contributed by atoms with E-state index in [1.54, 1.807) is 24.3 Å². The van der Waals surface area contributed by atoms with Crippen LogP contribution in [0.25, 0.3) is 0 Å². The van der Waals surface area contributed by atoms with Crippen molar-refractivity contribution in [1.82, 2.24) is 9.62 Å². The molecule has 152 valence electrons. The van der Waals surface area contributed by atoms with Crippen molar-refractivity contribution >= 4 is 10.0 Å². The van der Waals surface area contributed by atoms with Gasteiger partial charge >= 0.3 is 0 Å². The van der Waals surface area contributed by atoms with Crippen LogP contribution in [-0.4, -0.2) is 52.7 Å². The summed E-state index contributed by atoms with van der Waals surface area (Å²) in [7, 11) is -3.53. The predicted octanol–water partition coefficient (Wildman–Crippen LogP) is 2.83. The van der Waals surface area contributed by atoms with Crippen LogP contribution < -0.4 is 9.46 Å². The summed E-state index contributed by atoms with van der Waals surface area (Å²) in [5.41, 5.74) is 1.15. The van der Waals surface area contributed by atoms with Crippen molar-refractivity contribution in [3.8, 4) is 5.75 Å². The van der Waals surface area contributed by atoms with Gasteiger partial charge in [-0.3, -0.25) is 4.90 Å². The lowest BCUT2D eigenvalue weighted by atomic mass is 10.1. The second kappa shape index (κ2) is 10.0. The molecule has 2 aromatic rings. The van der Waals surface area contributed by atoms with Crippen LogP contribution in [0.3, 0.4) is 0 Å². The Morgan fingerprint density at radius 1 is 1.14 bits per heavy atom. The molecule has 1 atom stereocenters. The quantitative estimate of drug-likeness (QED) is 0.696. The number of hydrogen-bond acceptors (Lipinski definition) is 5. The number of morpholine rings is 1. The van der Waals surface area contributed by atoms with Crippen molar-refractivity contribution in [3.63, 3.8) is 0 Å². The van der Waals surface area contributed by atoms with Gasteiger partial charge in [-0.15, -0.1) is 0 Å². The van der Waals surface area contributed by atoms with Gasteiger partial charge in [0.15, 0.2) is 0 Å². The first kappa shape index (κ1) is 20.8. The third-order valence-corrected chi connectivity index (χ3v) is 6.13. The fourth-order valence-electron chi connectivity index (χ4n) is 3.13. The van der Waals surface area contributed by atoms with Gasteiger partial charge in [-0.1, -0.05) is 37.3 Å². The molecule has 0 saturated carbocycles. The van der Waals surface area contributed by atoms with Gasteiger partial charge in [0.2, 0.25) is 10.0 Å². The van der Waals surface area contributed by atoms with E-state index < -0.39 is 10.0 Å². The highest BCUT2D eigenvalue weighted by atomic mass is 32.2. The van der Waals surface area contributed by atoms with Gasteiger partial charge < -0.3 is 9.47 Å². The second-order valence-electron chi connectivity index (χ2n) is 6.79. The SMILES string of the molecule is CCCOc1ccc(S(=O)(=O)NCCN2CCOC(c3ccccc3)C2)cc1. The Morgan fingerprint density at radius 2 is 1.89 bits per heavy atom. The van der Waals surface area contributed by atoms with E-state index in [2.05, 4.69) is 21.8 Å². The van der Waals surface area contributed by atoms with Gasteiger partial charge in [0.25, 0.3) is 0 Å². The maximum absolute atomic E-state index is 12.5. The lowest BCUT2D eigenvalue weighted by molar-refractivity contribution is -0.0291. The van der Waals surface area contributed by atoms with Gasteiger partial charge in [0.05, 0.1) is 24.2 Å². The van der Waals surface area contributed by atoms with E-state index in [1.807, 2.05) is 25.1 Å². The Kier molecular flexibility index (Phi) is 7.44. The Morgan fingerprint density at radius 3 is 2.61 bits per heavy atom. The summed E-state index contributed by atoms with van der Waals surface area (Å²) in [6.07, 6.45) is 0.941. The largest absolute Gasteiger partial charge is 0.494 e. The van der Waals surface area contributed by atoms with Gasteiger partial charge in [-0.05, 0) is 36.2 Å². The average molecular weight is 405 g/mol. The molecule has 1 unspecified atom stereocenters. The van der Waals surface area contributed by atoms with Crippen molar-refractivity contribution in [3.05, 3.63) is 60.2 Å². The zero-order valence-corrected chi connectivity index (χ0v) is 17.0. The van der Waals surface area contributed by atoms with E-state index in [0.29, 0.717) is 32.1 Å². The summed E-state index contributed by atoms with van der Waals surface area (Å²) in [6, 6.07) is 16.7. The van der Waals surface area contributed by atoms with E-state index in [1.165, 1.54) is 0 Å². The molecule has 0 radical (unpaired) electrons. The van der Waals surface area contributed by atoms with E-state index in [-0.39, 0.29) is 11.0 Å². The zero-order valence-electron chi connectivity index (χ0n) is 16.2. The molecule has 1 N–H and O–H groups in total. The van der Waals surface area contributed by atoms with E-state index in [4.69, 9.17) is 9.47 Å². The number of nitrogens with zero attached hydrogens (tertiary/aromatic N) is 1. The van der Waals surface area contributed by atoms with E-state index in [9.17, 15) is 8.42 Å². The maximum Gasteiger partial charge on any atom is 0.240 e. The molecule has 3 rings (SSSR count). The highest BCUT2D eigenvalue weighted by molar-refractivity contribution is 7.89. The smallest absolute Gasteiger partial charge is 0.240 e. The molecule has 0 amide bonds. The molecule has 1 heterocycles. The molecule has 1 fully saturated rings. The summed E-state index contributed by atoms with van der Waals surface area (Å²) < 4.78 is 39.0. The third kappa shape index (κ3) is 5.78. The van der Waals surface area contributed by atoms with Crippen LogP contribution in [0.4, 0.5) is 0 Å². The molecule has 0 aliphatic carbocycles. The fraction of sp³-hybridized carbons (Fsp3) is 0.429. The molecule has 0 bridgehead atoms. The first-order chi connectivity index (χ1) is 13.6. The molecule has 28 heavy (non-hydrogen) atoms. The van der Waals surface area contributed by atoms with Crippen molar-refractivity contribution < 1.29 is 17.9 Å². The van der Waals surface area contributed by atoms with Gasteiger partial charge in [0.1, 0.15) is 5.75 Å². The lowest BCUT2D eigenvalue weighted by Gasteiger charge is -2.33. The monoisotopic (exact) mass is 404 g/mol. The standard InChI is InChI=1S/C21H28N2O4S/c1-2-15-26-19-8-10-20(11-9-19)28(24,25)22-12-13-23-14-16-27-21(17-23)18-6-4-3-5-7-18/h3-11,21-22H,2,12-17H2,1H3. The minimum atomic E-state index is -3.53. The number of hydrogen-bond donors (Lipinski definition) is 1. The van der Waals surface area contributed by atoms with E-state index >= 15 is 0 Å². The Labute approximate surface area is 167 Å². The van der Waals surface area contributed by atoms with Crippen LogP contribution in [0, 0.1) is 0 Å². The number of ether oxygens (including phenoxy) is 2. The molecular formula is C21H28N2O4S. The van der Waals surface area contributed by atoms with Crippen molar-refractivity contribution in [1.29, 1.82) is 0 Å². The zero-order chi connectivity index (χ0) is 19.8. The fourth-order valence-corrected chi connectivity index (χ4v) is 4.15. The molecule has 7 heteroatoms. The van der Waals surface area contributed by atoms with Crippen LogP contribution in [0.2, 0.25) is 0 Å². The number of benzene rings is 2. The van der Waals surface area contributed by atoms with Crippen LogP contribution in [0.15, 0.2) is 59.5 Å². The highest BCUT2D eigenvalue weighted by Crippen LogP contribution is 2.21. The third-order valence-electron chi connectivity index (χ3n) is 4.65. The van der Waals surface area contributed by atoms with Crippen LogP contribution in [0.5, 0.6) is 5.75 Å². The summed E-state index contributed by atoms with van der Waals surface area (Å²) in [4.78, 5) is 2.48. The summed E-state index contributed by atoms with van der Waals surface area (Å²) in [6.45, 7) is 5.85. The first-order valence-corrected chi connectivity index (χ1v) is 11.2. The second-order valence-corrected chi connectivity index (χ2v) is 8.56. The van der Waals surface area contributed by atoms with Crippen molar-refractivity contribution in [2.75, 3.05) is 39.4 Å². The highest BCUT2D eigenvalue weighted by Gasteiger charge is 2.22. The minimum absolute atomic E-state index is 0.0298. The lowest BCUT2D eigenvalue weighted by Crippen LogP contribution is -2.42. The first-order valence-electron chi connectivity index (χ1n) is 9.70. The van der Waals surface area contributed by atoms with Crippen molar-refractivity contribution in [2.24, 2.45) is 0 Å². The topological polar surface area (TPSA) is 67.9 Å². The van der Waals surface area contributed by atoms with Crippen LogP contribution in [0.1, 0.15) is 25.0 Å². The van der Waals surface area contributed by atoms with Crippen LogP contribution >= 0.6 is 0 Å². The summed E-state index contributed by atoms with van der Waals surface area (Å²) in [5, 5.41) is 0. The summed E-state index contributed by atoms with van der Waals surface area (Å²) >= 11 is 0. The van der Waals surface area contributed by atoms with Crippen molar-refractivity contribution in [2.45, 2.75) is 24.3 Å².